The molecule has 2 N–H and O–H groups in total. The number of carbonyl (C=O) groups excluding carboxylic acids is 1. The van der Waals surface area contributed by atoms with Gasteiger partial charge in [0.25, 0.3) is 0 Å². The third-order valence-corrected chi connectivity index (χ3v) is 5.35. The lowest BCUT2D eigenvalue weighted by Crippen LogP contribution is -2.36. The molecule has 0 bridgehead atoms. The van der Waals surface area contributed by atoms with E-state index in [1.807, 2.05) is 30.3 Å². The zero-order valence-corrected chi connectivity index (χ0v) is 15.7. The van der Waals surface area contributed by atoms with Crippen LogP contribution in [0.4, 0.5) is 21.3 Å². The van der Waals surface area contributed by atoms with E-state index in [0.717, 1.165) is 41.7 Å². The van der Waals surface area contributed by atoms with E-state index in [2.05, 4.69) is 15.5 Å². The maximum absolute atomic E-state index is 12.3. The number of methoxy groups -OCH3 is 1. The first kappa shape index (κ1) is 17.6. The normalized spacial score (nSPS) is 14.2. The highest BCUT2D eigenvalue weighted by molar-refractivity contribution is 7.22. The number of amides is 2. The monoisotopic (exact) mass is 384 g/mol. The summed E-state index contributed by atoms with van der Waals surface area (Å²) in [6.45, 7) is 3.16. The molecule has 0 unspecified atom stereocenters. The lowest BCUT2D eigenvalue weighted by atomic mass is 10.3. The molecule has 3 aromatic rings. The number of urea groups is 1. The number of para-hydroxylation sites is 2. The van der Waals surface area contributed by atoms with Crippen LogP contribution in [0, 0.1) is 0 Å². The van der Waals surface area contributed by atoms with Gasteiger partial charge in [0, 0.05) is 18.8 Å². The Labute approximate surface area is 160 Å². The van der Waals surface area contributed by atoms with Crippen molar-refractivity contribution in [2.24, 2.45) is 0 Å². The standard InChI is InChI=1S/C19H20N4O3S/c1-25-16-5-3-2-4-14(16)21-18(24)20-13-6-7-15-17(12-13)27-19(22-15)23-8-10-26-11-9-23/h2-7,12H,8-11H2,1H3,(H2,20,21,24). The first-order valence-corrected chi connectivity index (χ1v) is 9.49. The Morgan fingerprint density at radius 1 is 1.19 bits per heavy atom. The second-order valence-corrected chi connectivity index (χ2v) is 7.07. The van der Waals surface area contributed by atoms with Gasteiger partial charge in [0.15, 0.2) is 5.13 Å². The Morgan fingerprint density at radius 3 is 2.81 bits per heavy atom. The zero-order chi connectivity index (χ0) is 18.6. The number of thiazole rings is 1. The first-order valence-electron chi connectivity index (χ1n) is 8.67. The summed E-state index contributed by atoms with van der Waals surface area (Å²) in [6, 6.07) is 12.7. The maximum Gasteiger partial charge on any atom is 0.323 e. The third-order valence-electron chi connectivity index (χ3n) is 4.27. The van der Waals surface area contributed by atoms with Gasteiger partial charge in [-0.3, -0.25) is 0 Å². The van der Waals surface area contributed by atoms with Crippen molar-refractivity contribution >= 4 is 44.1 Å². The molecule has 2 amide bonds. The smallest absolute Gasteiger partial charge is 0.323 e. The van der Waals surface area contributed by atoms with Crippen LogP contribution in [0.3, 0.4) is 0 Å². The van der Waals surface area contributed by atoms with Gasteiger partial charge in [-0.15, -0.1) is 0 Å². The van der Waals surface area contributed by atoms with E-state index in [4.69, 9.17) is 14.5 Å². The van der Waals surface area contributed by atoms with Crippen LogP contribution in [0.2, 0.25) is 0 Å². The van der Waals surface area contributed by atoms with Crippen molar-refractivity contribution in [3.05, 3.63) is 42.5 Å². The highest BCUT2D eigenvalue weighted by Gasteiger charge is 2.16. The molecule has 0 radical (unpaired) electrons. The fourth-order valence-electron chi connectivity index (χ4n) is 2.91. The number of fused-ring (bicyclic) bond motifs is 1. The molecule has 1 saturated heterocycles. The summed E-state index contributed by atoms with van der Waals surface area (Å²) in [5, 5.41) is 6.66. The molecule has 140 valence electrons. The zero-order valence-electron chi connectivity index (χ0n) is 14.9. The van der Waals surface area contributed by atoms with Gasteiger partial charge in [-0.2, -0.15) is 0 Å². The second kappa shape index (κ2) is 7.81. The van der Waals surface area contributed by atoms with Gasteiger partial charge in [-0.1, -0.05) is 23.5 Å². The Kier molecular flexibility index (Phi) is 5.08. The highest BCUT2D eigenvalue weighted by Crippen LogP contribution is 2.31. The Morgan fingerprint density at radius 2 is 2.00 bits per heavy atom. The summed E-state index contributed by atoms with van der Waals surface area (Å²) in [5.74, 6) is 0.612. The minimum Gasteiger partial charge on any atom is -0.495 e. The van der Waals surface area contributed by atoms with Crippen LogP contribution in [-0.4, -0.2) is 44.4 Å². The van der Waals surface area contributed by atoms with Crippen molar-refractivity contribution in [2.75, 3.05) is 48.9 Å². The minimum atomic E-state index is -0.322. The third kappa shape index (κ3) is 3.96. The number of anilines is 3. The van der Waals surface area contributed by atoms with Gasteiger partial charge in [-0.05, 0) is 30.3 Å². The number of hydrogen-bond acceptors (Lipinski definition) is 6. The lowest BCUT2D eigenvalue weighted by molar-refractivity contribution is 0.122. The van der Waals surface area contributed by atoms with Crippen LogP contribution in [-0.2, 0) is 4.74 Å². The molecule has 0 saturated carbocycles. The predicted molar refractivity (Wildman–Crippen MR) is 108 cm³/mol. The Hall–Kier alpha value is -2.84. The van der Waals surface area contributed by atoms with E-state index in [0.29, 0.717) is 17.1 Å². The quantitative estimate of drug-likeness (QED) is 0.716. The molecule has 2 heterocycles. The van der Waals surface area contributed by atoms with Gasteiger partial charge >= 0.3 is 6.03 Å². The molecule has 0 atom stereocenters. The maximum atomic E-state index is 12.3. The van der Waals surface area contributed by atoms with Crippen LogP contribution in [0.15, 0.2) is 42.5 Å². The number of nitrogens with zero attached hydrogens (tertiary/aromatic N) is 2. The number of nitrogens with one attached hydrogen (secondary N) is 2. The SMILES string of the molecule is COc1ccccc1NC(=O)Nc1ccc2nc(N3CCOCC3)sc2c1. The van der Waals surface area contributed by atoms with Crippen molar-refractivity contribution < 1.29 is 14.3 Å². The van der Waals surface area contributed by atoms with Crippen molar-refractivity contribution in [2.45, 2.75) is 0 Å². The van der Waals surface area contributed by atoms with E-state index >= 15 is 0 Å². The average Bonchev–Trinajstić information content (AvgIpc) is 3.12. The molecule has 1 aliphatic heterocycles. The number of ether oxygens (including phenoxy) is 2. The predicted octanol–water partition coefficient (Wildman–Crippen LogP) is 3.79. The molecule has 0 aliphatic carbocycles. The number of rotatable bonds is 4. The molecular weight excluding hydrogens is 364 g/mol. The Bertz CT molecular complexity index is 953. The summed E-state index contributed by atoms with van der Waals surface area (Å²) in [7, 11) is 1.57. The molecule has 2 aromatic carbocycles. The van der Waals surface area contributed by atoms with E-state index in [9.17, 15) is 4.79 Å². The average molecular weight is 384 g/mol. The molecular formula is C19H20N4O3S. The molecule has 4 rings (SSSR count). The van der Waals surface area contributed by atoms with Crippen LogP contribution in [0.25, 0.3) is 10.2 Å². The minimum absolute atomic E-state index is 0.322. The summed E-state index contributed by atoms with van der Waals surface area (Å²) in [6.07, 6.45) is 0. The number of morpholine rings is 1. The van der Waals surface area contributed by atoms with Crippen molar-refractivity contribution in [3.8, 4) is 5.75 Å². The van der Waals surface area contributed by atoms with E-state index in [1.165, 1.54) is 0 Å². The highest BCUT2D eigenvalue weighted by atomic mass is 32.1. The van der Waals surface area contributed by atoms with Gasteiger partial charge in [0.1, 0.15) is 5.75 Å². The van der Waals surface area contributed by atoms with Crippen molar-refractivity contribution in [3.63, 3.8) is 0 Å². The van der Waals surface area contributed by atoms with Gasteiger partial charge < -0.3 is 25.0 Å². The van der Waals surface area contributed by atoms with E-state index < -0.39 is 0 Å². The molecule has 7 nitrogen and oxygen atoms in total. The second-order valence-electron chi connectivity index (χ2n) is 6.06. The summed E-state index contributed by atoms with van der Waals surface area (Å²) in [5.41, 5.74) is 2.26. The van der Waals surface area contributed by atoms with Crippen LogP contribution < -0.4 is 20.3 Å². The fourth-order valence-corrected chi connectivity index (χ4v) is 3.97. The molecule has 1 aromatic heterocycles. The fraction of sp³-hybridized carbons (Fsp3) is 0.263. The molecule has 8 heteroatoms. The van der Waals surface area contributed by atoms with Crippen molar-refractivity contribution in [1.29, 1.82) is 0 Å². The molecule has 1 aliphatic rings. The van der Waals surface area contributed by atoms with Crippen LogP contribution in [0.1, 0.15) is 0 Å². The Balaban J connectivity index is 1.47. The number of hydrogen-bond donors (Lipinski definition) is 2. The summed E-state index contributed by atoms with van der Waals surface area (Å²) >= 11 is 1.62. The lowest BCUT2D eigenvalue weighted by Gasteiger charge is -2.25. The molecule has 1 fully saturated rings. The largest absolute Gasteiger partial charge is 0.495 e. The first-order chi connectivity index (χ1) is 13.2. The number of aromatic nitrogens is 1. The van der Waals surface area contributed by atoms with Crippen LogP contribution in [0.5, 0.6) is 5.75 Å². The van der Waals surface area contributed by atoms with E-state index in [-0.39, 0.29) is 6.03 Å². The summed E-state index contributed by atoms with van der Waals surface area (Å²) in [4.78, 5) is 19.2. The summed E-state index contributed by atoms with van der Waals surface area (Å²) < 4.78 is 11.7. The number of benzene rings is 2. The van der Waals surface area contributed by atoms with E-state index in [1.54, 1.807) is 30.6 Å². The van der Waals surface area contributed by atoms with Gasteiger partial charge in [-0.25, -0.2) is 9.78 Å². The van der Waals surface area contributed by atoms with Crippen LogP contribution >= 0.6 is 11.3 Å². The topological polar surface area (TPSA) is 75.7 Å². The molecule has 27 heavy (non-hydrogen) atoms. The van der Waals surface area contributed by atoms with Gasteiger partial charge in [0.2, 0.25) is 0 Å². The van der Waals surface area contributed by atoms with Crippen molar-refractivity contribution in [1.82, 2.24) is 4.98 Å². The number of carbonyl (C=O) groups is 1. The van der Waals surface area contributed by atoms with Gasteiger partial charge in [0.05, 0.1) is 36.2 Å². The molecule has 0 spiro atoms.